The summed E-state index contributed by atoms with van der Waals surface area (Å²) in [5.74, 6) is -2.06. The van der Waals surface area contributed by atoms with Crippen molar-refractivity contribution in [1.82, 2.24) is 4.90 Å². The van der Waals surface area contributed by atoms with Gasteiger partial charge in [0.25, 0.3) is 0 Å². The molecule has 0 radical (unpaired) electrons. The largest absolute Gasteiger partial charge is 0.492 e. The van der Waals surface area contributed by atoms with E-state index in [1.165, 1.54) is 13.2 Å². The Bertz CT molecular complexity index is 1280. The first kappa shape index (κ1) is 29.1. The molecule has 4 rings (SSSR count). The second kappa shape index (κ2) is 11.3. The number of alkyl halides is 3. The molecule has 0 bridgehead atoms. The maximum Gasteiger partial charge on any atom is 0.416 e. The van der Waals surface area contributed by atoms with Crippen LogP contribution in [0.25, 0.3) is 0 Å². The molecule has 0 N–H and O–H groups in total. The van der Waals surface area contributed by atoms with Gasteiger partial charge in [-0.1, -0.05) is 18.5 Å². The van der Waals surface area contributed by atoms with Crippen molar-refractivity contribution in [3.8, 4) is 11.8 Å². The maximum absolute atomic E-state index is 14.9. The zero-order chi connectivity index (χ0) is 28.5. The molecule has 39 heavy (non-hydrogen) atoms. The third kappa shape index (κ3) is 6.15. The molecule has 1 aliphatic heterocycles. The van der Waals surface area contributed by atoms with Crippen molar-refractivity contribution in [3.05, 3.63) is 63.2 Å². The van der Waals surface area contributed by atoms with Gasteiger partial charge in [0.15, 0.2) is 0 Å². The summed E-state index contributed by atoms with van der Waals surface area (Å²) in [5.41, 5.74) is -1.57. The Hall–Kier alpha value is -2.90. The van der Waals surface area contributed by atoms with Crippen LogP contribution in [-0.4, -0.2) is 37.7 Å². The lowest BCUT2D eigenvalue weighted by Crippen LogP contribution is -2.44. The fourth-order valence-electron chi connectivity index (χ4n) is 5.14. The Morgan fingerprint density at radius 2 is 1.87 bits per heavy atom. The van der Waals surface area contributed by atoms with Crippen molar-refractivity contribution in [3.63, 3.8) is 0 Å². The zero-order valence-electron chi connectivity index (χ0n) is 21.5. The summed E-state index contributed by atoms with van der Waals surface area (Å²) in [5, 5.41) is 9.44. The molecule has 0 spiro atoms. The van der Waals surface area contributed by atoms with Gasteiger partial charge >= 0.3 is 12.1 Å². The number of nitrogens with zero attached hydrogens (tertiary/aromatic N) is 2. The number of methoxy groups -OCH3 is 1. The van der Waals surface area contributed by atoms with Crippen LogP contribution in [0.2, 0.25) is 5.02 Å². The lowest BCUT2D eigenvalue weighted by molar-refractivity contribution is -0.137. The van der Waals surface area contributed by atoms with Gasteiger partial charge in [-0.3, -0.25) is 4.90 Å². The number of likely N-dealkylation sites (tertiary alicyclic amines) is 1. The summed E-state index contributed by atoms with van der Waals surface area (Å²) in [7, 11) is 1.17. The van der Waals surface area contributed by atoms with Gasteiger partial charge in [-0.2, -0.15) is 18.4 Å². The Labute approximate surface area is 228 Å². The molecular formula is C28H28ClF5N2O3. The van der Waals surface area contributed by atoms with Gasteiger partial charge in [-0.25, -0.2) is 13.6 Å². The molecule has 2 aromatic carbocycles. The molecule has 2 aliphatic rings. The number of esters is 1. The van der Waals surface area contributed by atoms with Gasteiger partial charge in [0, 0.05) is 30.8 Å². The van der Waals surface area contributed by atoms with Crippen LogP contribution in [-0.2, 0) is 10.9 Å². The van der Waals surface area contributed by atoms with Gasteiger partial charge < -0.3 is 9.47 Å². The Balaban J connectivity index is 1.50. The first-order valence-corrected chi connectivity index (χ1v) is 13.1. The molecule has 5 nitrogen and oxygen atoms in total. The predicted octanol–water partition coefficient (Wildman–Crippen LogP) is 7.44. The van der Waals surface area contributed by atoms with Crippen LogP contribution in [0.15, 0.2) is 24.3 Å². The number of hydrogen-bond donors (Lipinski definition) is 0. The van der Waals surface area contributed by atoms with Crippen molar-refractivity contribution in [2.75, 3.05) is 26.8 Å². The van der Waals surface area contributed by atoms with Gasteiger partial charge in [0.1, 0.15) is 24.0 Å². The third-order valence-corrected chi connectivity index (χ3v) is 7.86. The van der Waals surface area contributed by atoms with Crippen LogP contribution in [0.1, 0.15) is 78.0 Å². The molecule has 210 valence electrons. The standard InChI is InChI=1S/C28H28ClF5N2O3/c1-3-23(20-10-17(28(32,33)34)11-21(29)25(20)31)36-8-6-27(14-35,7-9-36)15-39-24-13-22(30)19(26(37)38-2)12-18(24)16-4-5-16/h10-13,16,23H,3-9,15H2,1-2H3. The molecule has 0 aromatic heterocycles. The van der Waals surface area contributed by atoms with E-state index < -0.39 is 45.8 Å². The normalized spacial score (nSPS) is 18.3. The summed E-state index contributed by atoms with van der Waals surface area (Å²) >= 11 is 5.81. The monoisotopic (exact) mass is 570 g/mol. The zero-order valence-corrected chi connectivity index (χ0v) is 22.3. The Morgan fingerprint density at radius 3 is 2.41 bits per heavy atom. The Kier molecular flexibility index (Phi) is 8.43. The quantitative estimate of drug-likeness (QED) is 0.244. The average molecular weight is 571 g/mol. The highest BCUT2D eigenvalue weighted by Crippen LogP contribution is 2.46. The van der Waals surface area contributed by atoms with Crippen LogP contribution >= 0.6 is 11.6 Å². The highest BCUT2D eigenvalue weighted by molar-refractivity contribution is 6.30. The maximum atomic E-state index is 14.9. The predicted molar refractivity (Wildman–Crippen MR) is 134 cm³/mol. The minimum atomic E-state index is -4.67. The van der Waals surface area contributed by atoms with Crippen LogP contribution in [0.3, 0.4) is 0 Å². The molecular weight excluding hydrogens is 543 g/mol. The van der Waals surface area contributed by atoms with Crippen molar-refractivity contribution in [2.24, 2.45) is 5.41 Å². The van der Waals surface area contributed by atoms with Gasteiger partial charge in [0.2, 0.25) is 0 Å². The smallest absolute Gasteiger partial charge is 0.416 e. The molecule has 1 atom stereocenters. The molecule has 0 amide bonds. The van der Waals surface area contributed by atoms with E-state index in [4.69, 9.17) is 16.3 Å². The van der Waals surface area contributed by atoms with Gasteiger partial charge in [0.05, 0.1) is 34.7 Å². The van der Waals surface area contributed by atoms with Gasteiger partial charge in [-0.15, -0.1) is 0 Å². The molecule has 1 aliphatic carbocycles. The molecule has 2 fully saturated rings. The fourth-order valence-corrected chi connectivity index (χ4v) is 5.36. The van der Waals surface area contributed by atoms with Crippen molar-refractivity contribution in [1.29, 1.82) is 5.26 Å². The average Bonchev–Trinajstić information content (AvgIpc) is 3.75. The third-order valence-electron chi connectivity index (χ3n) is 7.59. The Morgan fingerprint density at radius 1 is 1.21 bits per heavy atom. The van der Waals surface area contributed by atoms with Crippen LogP contribution in [0.4, 0.5) is 22.0 Å². The van der Waals surface area contributed by atoms with Gasteiger partial charge in [-0.05, 0) is 61.8 Å². The number of carbonyl (C=O) groups excluding carboxylic acids is 1. The fraction of sp³-hybridized carbons (Fsp3) is 0.500. The van der Waals surface area contributed by atoms with E-state index >= 15 is 0 Å². The summed E-state index contributed by atoms with van der Waals surface area (Å²) in [4.78, 5) is 13.8. The lowest BCUT2D eigenvalue weighted by atomic mass is 9.79. The van der Waals surface area contributed by atoms with Crippen LogP contribution in [0, 0.1) is 28.4 Å². The molecule has 1 heterocycles. The molecule has 1 saturated carbocycles. The topological polar surface area (TPSA) is 62.6 Å². The molecule has 2 aromatic rings. The number of piperidine rings is 1. The molecule has 1 saturated heterocycles. The number of hydrogen-bond acceptors (Lipinski definition) is 5. The number of nitriles is 1. The summed E-state index contributed by atoms with van der Waals surface area (Å²) in [6.07, 6.45) is -1.97. The lowest BCUT2D eigenvalue weighted by Gasteiger charge is -2.41. The summed E-state index contributed by atoms with van der Waals surface area (Å²) in [6.45, 7) is 2.34. The number of carbonyl (C=O) groups is 1. The summed E-state index contributed by atoms with van der Waals surface area (Å²) < 4.78 is 80.2. The molecule has 1 unspecified atom stereocenters. The van der Waals surface area contributed by atoms with Crippen LogP contribution < -0.4 is 4.74 Å². The van der Waals surface area contributed by atoms with E-state index in [1.54, 1.807) is 6.92 Å². The first-order valence-electron chi connectivity index (χ1n) is 12.7. The van der Waals surface area contributed by atoms with E-state index in [9.17, 15) is 32.0 Å². The van der Waals surface area contributed by atoms with E-state index in [2.05, 4.69) is 10.8 Å². The number of rotatable bonds is 8. The number of benzene rings is 2. The summed E-state index contributed by atoms with van der Waals surface area (Å²) in [6, 6.07) is 5.62. The second-order valence-electron chi connectivity index (χ2n) is 10.1. The van der Waals surface area contributed by atoms with Crippen molar-refractivity contribution >= 4 is 17.6 Å². The van der Waals surface area contributed by atoms with E-state index in [0.717, 1.165) is 25.0 Å². The second-order valence-corrected chi connectivity index (χ2v) is 10.5. The minimum Gasteiger partial charge on any atom is -0.492 e. The minimum absolute atomic E-state index is 0.0331. The van der Waals surface area contributed by atoms with E-state index in [-0.39, 0.29) is 29.4 Å². The molecule has 11 heteroatoms. The number of halogens is 6. The van der Waals surface area contributed by atoms with E-state index in [1.807, 2.05) is 4.90 Å². The SMILES string of the molecule is CCC(c1cc(C(F)(F)F)cc(Cl)c1F)N1CCC(C#N)(COc2cc(F)c(C(=O)OC)cc2C2CC2)CC1. The first-order chi connectivity index (χ1) is 18.4. The number of ether oxygens (including phenoxy) is 2. The van der Waals surface area contributed by atoms with E-state index in [0.29, 0.717) is 44.0 Å². The van der Waals surface area contributed by atoms with Crippen molar-refractivity contribution < 1.29 is 36.2 Å². The highest BCUT2D eigenvalue weighted by Gasteiger charge is 2.40. The highest BCUT2D eigenvalue weighted by atomic mass is 35.5. The van der Waals surface area contributed by atoms with Crippen molar-refractivity contribution in [2.45, 2.75) is 57.2 Å². The van der Waals surface area contributed by atoms with Crippen LogP contribution in [0.5, 0.6) is 5.75 Å².